The molecule has 2 aliphatic heterocycles. The van der Waals surface area contributed by atoms with E-state index in [1.54, 1.807) is 4.90 Å². The molecular formula is C38H61N5O7S. The number of carbonyl (C=O) groups is 5. The summed E-state index contributed by atoms with van der Waals surface area (Å²) >= 11 is 0. The standard InChI is InChI=1S/C38H61N5O7S/c1-5-6-14-26(30(44)33(46)39-24-16-17-24)40-32(45)29-28-25(36(28,2)3)23-43(29)34(47)31(37(4)18-9-7-10-19-37)41-35(48)42-38(20-11-8-12-21-38)27-15-13-22-51(27,49)50/h24-29,31H,5-23H2,1-4H3,(H,39,46)(H,40,45)(H2,41,42,48)/t25-,26?,27?,28-,29-,31+/m0/s1. The average molecular weight is 732 g/mol. The number of urea groups is 1. The molecule has 4 saturated carbocycles. The number of carbonyl (C=O) groups excluding carboxylic acids is 5. The Morgan fingerprint density at radius 2 is 1.49 bits per heavy atom. The quantitative estimate of drug-likeness (QED) is 0.208. The number of hydrogen-bond donors (Lipinski definition) is 4. The zero-order chi connectivity index (χ0) is 36.8. The summed E-state index contributed by atoms with van der Waals surface area (Å²) in [5.41, 5.74) is -1.61. The summed E-state index contributed by atoms with van der Waals surface area (Å²) in [5, 5.41) is 11.3. The Kier molecular flexibility index (Phi) is 10.9. The fourth-order valence-electron chi connectivity index (χ4n) is 10.3. The molecule has 2 heterocycles. The average Bonchev–Trinajstić information content (AvgIpc) is 3.87. The van der Waals surface area contributed by atoms with Crippen LogP contribution in [0, 0.1) is 22.7 Å². The van der Waals surface area contributed by atoms with Crippen LogP contribution in [0.5, 0.6) is 0 Å². The summed E-state index contributed by atoms with van der Waals surface area (Å²) in [6.45, 7) is 8.59. The molecule has 286 valence electrons. The Bertz CT molecular complexity index is 1480. The van der Waals surface area contributed by atoms with Crippen LogP contribution in [-0.4, -0.2) is 90.1 Å². The van der Waals surface area contributed by atoms with Gasteiger partial charge in [-0.05, 0) is 80.5 Å². The molecule has 4 N–H and O–H groups in total. The van der Waals surface area contributed by atoms with Gasteiger partial charge in [-0.3, -0.25) is 19.2 Å². The molecule has 51 heavy (non-hydrogen) atoms. The van der Waals surface area contributed by atoms with E-state index in [1.807, 2.05) is 13.8 Å². The molecule has 2 saturated heterocycles. The van der Waals surface area contributed by atoms with Crippen molar-refractivity contribution in [3.05, 3.63) is 0 Å². The molecule has 6 aliphatic rings. The highest BCUT2D eigenvalue weighted by atomic mass is 32.2. The van der Waals surface area contributed by atoms with E-state index in [9.17, 15) is 32.4 Å². The Hall–Kier alpha value is -2.70. The number of sulfone groups is 1. The third-order valence-corrected chi connectivity index (χ3v) is 16.1. The van der Waals surface area contributed by atoms with Crippen molar-refractivity contribution in [3.63, 3.8) is 0 Å². The van der Waals surface area contributed by atoms with E-state index in [0.29, 0.717) is 45.1 Å². The molecule has 0 radical (unpaired) electrons. The van der Waals surface area contributed by atoms with Crippen molar-refractivity contribution < 1.29 is 32.4 Å². The lowest BCUT2D eigenvalue weighted by atomic mass is 9.70. The van der Waals surface area contributed by atoms with E-state index in [0.717, 1.165) is 70.6 Å². The lowest BCUT2D eigenvalue weighted by Gasteiger charge is -2.45. The molecule has 5 amide bonds. The zero-order valence-electron chi connectivity index (χ0n) is 31.2. The predicted molar refractivity (Wildman–Crippen MR) is 193 cm³/mol. The van der Waals surface area contributed by atoms with Gasteiger partial charge in [0.15, 0.2) is 9.84 Å². The molecule has 0 aromatic carbocycles. The molecule has 6 rings (SSSR count). The first kappa shape index (κ1) is 38.0. The molecular weight excluding hydrogens is 671 g/mol. The number of hydrogen-bond acceptors (Lipinski definition) is 7. The Balaban J connectivity index is 1.24. The van der Waals surface area contributed by atoms with Crippen molar-refractivity contribution in [3.8, 4) is 0 Å². The van der Waals surface area contributed by atoms with E-state index in [-0.39, 0.29) is 35.0 Å². The van der Waals surface area contributed by atoms with Crippen molar-refractivity contribution in [2.75, 3.05) is 12.3 Å². The largest absolute Gasteiger partial charge is 0.347 e. The minimum atomic E-state index is -3.35. The van der Waals surface area contributed by atoms with Gasteiger partial charge in [-0.25, -0.2) is 13.2 Å². The number of unbranched alkanes of at least 4 members (excludes halogenated alkanes) is 1. The molecule has 6 atom stereocenters. The van der Waals surface area contributed by atoms with Crippen molar-refractivity contribution in [2.45, 2.75) is 172 Å². The van der Waals surface area contributed by atoms with E-state index < -0.39 is 67.8 Å². The van der Waals surface area contributed by atoms with Crippen LogP contribution in [0.3, 0.4) is 0 Å². The molecule has 0 spiro atoms. The maximum atomic E-state index is 14.9. The van der Waals surface area contributed by atoms with Crippen LogP contribution < -0.4 is 21.3 Å². The third kappa shape index (κ3) is 7.70. The van der Waals surface area contributed by atoms with E-state index in [4.69, 9.17) is 0 Å². The maximum Gasteiger partial charge on any atom is 0.315 e. The van der Waals surface area contributed by atoms with Crippen LogP contribution in [0.15, 0.2) is 0 Å². The topological polar surface area (TPSA) is 171 Å². The Morgan fingerprint density at radius 1 is 0.843 bits per heavy atom. The first-order valence-electron chi connectivity index (χ1n) is 19.9. The van der Waals surface area contributed by atoms with Crippen LogP contribution in [0.25, 0.3) is 0 Å². The van der Waals surface area contributed by atoms with E-state index in [2.05, 4.69) is 35.1 Å². The number of ketones is 1. The maximum absolute atomic E-state index is 14.9. The fourth-order valence-corrected chi connectivity index (χ4v) is 12.6. The van der Waals surface area contributed by atoms with Gasteiger partial charge in [0.25, 0.3) is 5.91 Å². The number of amides is 5. The predicted octanol–water partition coefficient (Wildman–Crippen LogP) is 3.91. The SMILES string of the molecule is CCCCC(NC(=O)[C@@H]1[C@@H]2[C@H](CN1C(=O)[C@@H](NC(=O)NC1(C3CCCS3(=O)=O)CCCCC1)C1(C)CCCCC1)C2(C)C)C(=O)C(=O)NC1CC1. The van der Waals surface area contributed by atoms with Gasteiger partial charge >= 0.3 is 6.03 Å². The Labute approximate surface area is 304 Å². The second kappa shape index (κ2) is 14.6. The molecule has 4 aliphatic carbocycles. The number of likely N-dealkylation sites (tertiary alicyclic amines) is 1. The summed E-state index contributed by atoms with van der Waals surface area (Å²) in [6, 6.07) is -3.26. The fraction of sp³-hybridized carbons (Fsp3) is 0.868. The number of rotatable bonds is 13. The van der Waals surface area contributed by atoms with E-state index >= 15 is 0 Å². The zero-order valence-corrected chi connectivity index (χ0v) is 32.0. The molecule has 12 nitrogen and oxygen atoms in total. The van der Waals surface area contributed by atoms with Gasteiger partial charge in [0, 0.05) is 12.6 Å². The van der Waals surface area contributed by atoms with Crippen LogP contribution >= 0.6 is 0 Å². The summed E-state index contributed by atoms with van der Waals surface area (Å²) in [4.78, 5) is 71.0. The van der Waals surface area contributed by atoms with E-state index in [1.165, 1.54) is 0 Å². The lowest BCUT2D eigenvalue weighted by molar-refractivity contribution is -0.146. The lowest BCUT2D eigenvalue weighted by Crippen LogP contribution is -2.66. The van der Waals surface area contributed by atoms with Gasteiger partial charge in [0.05, 0.1) is 22.6 Å². The van der Waals surface area contributed by atoms with Crippen molar-refractivity contribution in [1.29, 1.82) is 0 Å². The summed E-state index contributed by atoms with van der Waals surface area (Å²) in [6.07, 6.45) is 12.7. The first-order valence-corrected chi connectivity index (χ1v) is 21.6. The summed E-state index contributed by atoms with van der Waals surface area (Å²) in [7, 11) is -3.35. The molecule has 2 unspecified atom stereocenters. The minimum absolute atomic E-state index is 0.0123. The van der Waals surface area contributed by atoms with Crippen molar-refractivity contribution >= 4 is 39.4 Å². The molecule has 6 fully saturated rings. The summed E-state index contributed by atoms with van der Waals surface area (Å²) in [5.74, 6) is -1.97. The second-order valence-electron chi connectivity index (χ2n) is 17.7. The highest BCUT2D eigenvalue weighted by molar-refractivity contribution is 7.92. The van der Waals surface area contributed by atoms with Crippen LogP contribution in [-0.2, 0) is 29.0 Å². The van der Waals surface area contributed by atoms with Gasteiger partial charge < -0.3 is 26.2 Å². The van der Waals surface area contributed by atoms with Crippen molar-refractivity contribution in [2.24, 2.45) is 22.7 Å². The third-order valence-electron chi connectivity index (χ3n) is 13.6. The molecule has 0 bridgehead atoms. The number of fused-ring (bicyclic) bond motifs is 1. The van der Waals surface area contributed by atoms with Crippen LogP contribution in [0.1, 0.15) is 137 Å². The van der Waals surface area contributed by atoms with Gasteiger partial charge in [-0.1, -0.05) is 79.1 Å². The summed E-state index contributed by atoms with van der Waals surface area (Å²) < 4.78 is 26.4. The molecule has 0 aromatic heterocycles. The van der Waals surface area contributed by atoms with Crippen LogP contribution in [0.4, 0.5) is 4.79 Å². The minimum Gasteiger partial charge on any atom is -0.347 e. The Morgan fingerprint density at radius 3 is 2.08 bits per heavy atom. The monoisotopic (exact) mass is 731 g/mol. The number of nitrogens with one attached hydrogen (secondary N) is 4. The first-order chi connectivity index (χ1) is 24.1. The van der Waals surface area contributed by atoms with Crippen molar-refractivity contribution in [1.82, 2.24) is 26.2 Å². The van der Waals surface area contributed by atoms with Gasteiger partial charge in [-0.2, -0.15) is 0 Å². The second-order valence-corrected chi connectivity index (χ2v) is 20.0. The number of nitrogens with zero attached hydrogens (tertiary/aromatic N) is 1. The molecule has 0 aromatic rings. The van der Waals surface area contributed by atoms with Gasteiger partial charge in [0.2, 0.25) is 17.6 Å². The highest BCUT2D eigenvalue weighted by Crippen LogP contribution is 2.65. The molecule has 13 heteroatoms. The number of piperidine rings is 1. The smallest absolute Gasteiger partial charge is 0.315 e. The van der Waals surface area contributed by atoms with Crippen LogP contribution in [0.2, 0.25) is 0 Å². The normalized spacial score (nSPS) is 31.0. The van der Waals surface area contributed by atoms with Gasteiger partial charge in [0.1, 0.15) is 12.1 Å². The highest BCUT2D eigenvalue weighted by Gasteiger charge is 2.70. The van der Waals surface area contributed by atoms with Gasteiger partial charge in [-0.15, -0.1) is 0 Å². The number of Topliss-reactive ketones (excluding diaryl/α,β-unsaturated/α-hetero) is 1.